The summed E-state index contributed by atoms with van der Waals surface area (Å²) < 4.78 is 11.1. The summed E-state index contributed by atoms with van der Waals surface area (Å²) in [7, 11) is 0. The molecule has 10 heteroatoms. The molecule has 0 radical (unpaired) electrons. The summed E-state index contributed by atoms with van der Waals surface area (Å²) in [4.78, 5) is 55.9. The molecule has 46 heavy (non-hydrogen) atoms. The molecule has 3 amide bonds. The van der Waals surface area contributed by atoms with Crippen LogP contribution in [0.5, 0.6) is 0 Å². The quantitative estimate of drug-likeness (QED) is 0.215. The van der Waals surface area contributed by atoms with E-state index in [4.69, 9.17) is 9.47 Å². The monoisotopic (exact) mass is 634 g/mol. The minimum atomic E-state index is -1.30. The molecule has 3 atom stereocenters. The summed E-state index contributed by atoms with van der Waals surface area (Å²) in [6.45, 7) is 15.7. The Balaban J connectivity index is 2.60. The summed E-state index contributed by atoms with van der Waals surface area (Å²) in [6.07, 6.45) is 0.347. The lowest BCUT2D eigenvalue weighted by Crippen LogP contribution is -2.55. The third-order valence-electron chi connectivity index (χ3n) is 6.77. The van der Waals surface area contributed by atoms with Crippen LogP contribution in [-0.2, 0) is 36.7 Å². The predicted octanol–water partition coefficient (Wildman–Crippen LogP) is 5.65. The number of alkyl carbamates (subject to hydrolysis) is 1. The van der Waals surface area contributed by atoms with Crippen LogP contribution in [-0.4, -0.2) is 58.6 Å². The summed E-state index contributed by atoms with van der Waals surface area (Å²) in [5.41, 5.74) is 0.640. The fraction of sp³-hybridized carbons (Fsp3) is 0.528. The number of nitriles is 1. The van der Waals surface area contributed by atoms with Crippen molar-refractivity contribution in [3.8, 4) is 6.07 Å². The van der Waals surface area contributed by atoms with E-state index < -0.39 is 59.7 Å². The van der Waals surface area contributed by atoms with Crippen molar-refractivity contribution in [3.63, 3.8) is 0 Å². The van der Waals surface area contributed by atoms with Gasteiger partial charge in [0, 0.05) is 6.42 Å². The lowest BCUT2D eigenvalue weighted by atomic mass is 9.97. The van der Waals surface area contributed by atoms with E-state index in [1.54, 1.807) is 53.7 Å². The van der Waals surface area contributed by atoms with E-state index in [1.807, 2.05) is 69.3 Å². The number of hydrogen-bond donors (Lipinski definition) is 2. The van der Waals surface area contributed by atoms with Crippen molar-refractivity contribution in [2.24, 2.45) is 5.92 Å². The van der Waals surface area contributed by atoms with Gasteiger partial charge in [0.25, 0.3) is 0 Å². The van der Waals surface area contributed by atoms with E-state index in [2.05, 4.69) is 10.6 Å². The molecule has 0 spiro atoms. The minimum Gasteiger partial charge on any atom is -0.458 e. The SMILES string of the molecule is CCc1ccc(C(C(=O)NC(Cc2ccccc2)C(=O)OC(C)(C)C)N(CC#N)C(=O)C(CC(C)C)NC(=O)OC(C)(C)C)cc1. The van der Waals surface area contributed by atoms with Crippen molar-refractivity contribution in [3.05, 3.63) is 71.3 Å². The smallest absolute Gasteiger partial charge is 0.408 e. The first-order valence-electron chi connectivity index (χ1n) is 15.8. The lowest BCUT2D eigenvalue weighted by molar-refractivity contribution is -0.159. The molecule has 2 aromatic carbocycles. The molecule has 2 N–H and O–H groups in total. The number of hydrogen-bond acceptors (Lipinski definition) is 7. The highest BCUT2D eigenvalue weighted by atomic mass is 16.6. The summed E-state index contributed by atoms with van der Waals surface area (Å²) in [5.74, 6) is -1.95. The van der Waals surface area contributed by atoms with E-state index in [1.165, 1.54) is 0 Å². The van der Waals surface area contributed by atoms with Crippen LogP contribution in [0.2, 0.25) is 0 Å². The Bertz CT molecular complexity index is 1350. The van der Waals surface area contributed by atoms with Crippen LogP contribution in [0.25, 0.3) is 0 Å². The zero-order valence-electron chi connectivity index (χ0n) is 28.7. The number of amides is 3. The van der Waals surface area contributed by atoms with Crippen molar-refractivity contribution in [2.75, 3.05) is 6.54 Å². The van der Waals surface area contributed by atoms with Gasteiger partial charge in [0.05, 0.1) is 6.07 Å². The highest BCUT2D eigenvalue weighted by molar-refractivity contribution is 5.94. The van der Waals surface area contributed by atoms with E-state index in [0.717, 1.165) is 22.4 Å². The molecule has 0 aliphatic rings. The maximum atomic E-state index is 14.3. The highest BCUT2D eigenvalue weighted by Gasteiger charge is 2.38. The van der Waals surface area contributed by atoms with Gasteiger partial charge in [-0.2, -0.15) is 5.26 Å². The highest BCUT2D eigenvalue weighted by Crippen LogP contribution is 2.25. The summed E-state index contributed by atoms with van der Waals surface area (Å²) in [5, 5.41) is 15.4. The van der Waals surface area contributed by atoms with E-state index in [0.29, 0.717) is 5.56 Å². The fourth-order valence-electron chi connectivity index (χ4n) is 4.79. The fourth-order valence-corrected chi connectivity index (χ4v) is 4.79. The third-order valence-corrected chi connectivity index (χ3v) is 6.77. The topological polar surface area (TPSA) is 138 Å². The standard InChI is InChI=1S/C36H50N4O6/c1-10-25-16-18-27(19-17-25)30(31(41)38-29(33(43)45-35(4,5)6)23-26-14-12-11-13-15-26)40(21-20-37)32(42)28(22-24(2)3)39-34(44)46-36(7,8)9/h11-19,24,28-30H,10,21-23H2,1-9H3,(H,38,41)(H,39,44). The van der Waals surface area contributed by atoms with Crippen LogP contribution in [0, 0.1) is 17.2 Å². The molecule has 0 saturated heterocycles. The molecule has 2 aromatic rings. The molecular formula is C36H50N4O6. The Labute approximate surface area is 273 Å². The number of nitrogens with one attached hydrogen (secondary N) is 2. The Morgan fingerprint density at radius 2 is 1.41 bits per heavy atom. The second-order valence-corrected chi connectivity index (χ2v) is 13.7. The Morgan fingerprint density at radius 1 is 0.826 bits per heavy atom. The molecule has 0 aliphatic carbocycles. The normalized spacial score (nSPS) is 13.5. The second kappa shape index (κ2) is 16.8. The Kier molecular flexibility index (Phi) is 13.8. The van der Waals surface area contributed by atoms with Crippen LogP contribution >= 0.6 is 0 Å². The number of carbonyl (C=O) groups is 4. The van der Waals surface area contributed by atoms with Gasteiger partial charge in [-0.05, 0) is 77.0 Å². The van der Waals surface area contributed by atoms with Crippen LogP contribution in [0.3, 0.4) is 0 Å². The summed E-state index contributed by atoms with van der Waals surface area (Å²) >= 11 is 0. The number of carbonyl (C=O) groups excluding carboxylic acids is 4. The van der Waals surface area contributed by atoms with Gasteiger partial charge in [-0.15, -0.1) is 0 Å². The molecule has 10 nitrogen and oxygen atoms in total. The van der Waals surface area contributed by atoms with Gasteiger partial charge < -0.3 is 25.0 Å². The van der Waals surface area contributed by atoms with Crippen molar-refractivity contribution < 1.29 is 28.7 Å². The van der Waals surface area contributed by atoms with Gasteiger partial charge in [-0.25, -0.2) is 9.59 Å². The number of esters is 1. The lowest BCUT2D eigenvalue weighted by Gasteiger charge is -2.34. The molecule has 0 aromatic heterocycles. The first-order valence-corrected chi connectivity index (χ1v) is 15.8. The molecular weight excluding hydrogens is 584 g/mol. The second-order valence-electron chi connectivity index (χ2n) is 13.7. The van der Waals surface area contributed by atoms with E-state index >= 15 is 0 Å². The average Bonchev–Trinajstić information content (AvgIpc) is 2.94. The largest absolute Gasteiger partial charge is 0.458 e. The van der Waals surface area contributed by atoms with Crippen LogP contribution in [0.4, 0.5) is 4.79 Å². The molecule has 0 bridgehead atoms. The Hall–Kier alpha value is -4.39. The minimum absolute atomic E-state index is 0.0219. The number of benzene rings is 2. The number of rotatable bonds is 13. The van der Waals surface area contributed by atoms with Crippen LogP contribution in [0.15, 0.2) is 54.6 Å². The number of nitrogens with zero attached hydrogens (tertiary/aromatic N) is 2. The van der Waals surface area contributed by atoms with Crippen LogP contribution in [0.1, 0.15) is 91.5 Å². The van der Waals surface area contributed by atoms with Gasteiger partial charge in [-0.1, -0.05) is 75.4 Å². The first-order chi connectivity index (χ1) is 21.4. The van der Waals surface area contributed by atoms with Gasteiger partial charge in [0.1, 0.15) is 35.9 Å². The first kappa shape index (κ1) is 37.8. The zero-order chi connectivity index (χ0) is 34.7. The number of aryl methyl sites for hydroxylation is 1. The summed E-state index contributed by atoms with van der Waals surface area (Å²) in [6, 6.07) is 14.9. The predicted molar refractivity (Wildman–Crippen MR) is 176 cm³/mol. The molecule has 0 fully saturated rings. The van der Waals surface area contributed by atoms with Crippen molar-refractivity contribution in [1.29, 1.82) is 5.26 Å². The molecule has 0 saturated carbocycles. The van der Waals surface area contributed by atoms with Gasteiger partial charge in [0.15, 0.2) is 0 Å². The maximum absolute atomic E-state index is 14.3. The van der Waals surface area contributed by atoms with Gasteiger partial charge >= 0.3 is 12.1 Å². The third kappa shape index (κ3) is 12.5. The zero-order valence-corrected chi connectivity index (χ0v) is 28.7. The Morgan fingerprint density at radius 3 is 1.91 bits per heavy atom. The molecule has 250 valence electrons. The van der Waals surface area contributed by atoms with E-state index in [-0.39, 0.29) is 18.8 Å². The van der Waals surface area contributed by atoms with Crippen molar-refractivity contribution >= 4 is 23.9 Å². The van der Waals surface area contributed by atoms with Gasteiger partial charge in [-0.3, -0.25) is 9.59 Å². The molecule has 0 heterocycles. The maximum Gasteiger partial charge on any atom is 0.408 e. The van der Waals surface area contributed by atoms with Crippen molar-refractivity contribution in [1.82, 2.24) is 15.5 Å². The van der Waals surface area contributed by atoms with Crippen molar-refractivity contribution in [2.45, 2.75) is 111 Å². The molecule has 0 aliphatic heterocycles. The average molecular weight is 635 g/mol. The molecule has 2 rings (SSSR count). The number of ether oxygens (including phenoxy) is 2. The molecule has 3 unspecified atom stereocenters. The van der Waals surface area contributed by atoms with E-state index in [9.17, 15) is 24.4 Å². The van der Waals surface area contributed by atoms with Gasteiger partial charge in [0.2, 0.25) is 11.8 Å². The van der Waals surface area contributed by atoms with Crippen LogP contribution < -0.4 is 10.6 Å².